The van der Waals surface area contributed by atoms with Crippen molar-refractivity contribution in [1.29, 1.82) is 0 Å². The molecular formula is C15H26N2O4. The second-order valence-corrected chi connectivity index (χ2v) is 5.61. The van der Waals surface area contributed by atoms with Gasteiger partial charge in [0.25, 0.3) is 0 Å². The predicted molar refractivity (Wildman–Crippen MR) is 81.3 cm³/mol. The van der Waals surface area contributed by atoms with Crippen LogP contribution in [0.4, 0.5) is 0 Å². The van der Waals surface area contributed by atoms with Crippen LogP contribution < -0.4 is 5.43 Å². The number of hydrogen-bond acceptors (Lipinski definition) is 5. The van der Waals surface area contributed by atoms with E-state index in [1.54, 1.807) is 0 Å². The molecule has 0 aliphatic rings. The summed E-state index contributed by atoms with van der Waals surface area (Å²) in [4.78, 5) is 13.5. The van der Waals surface area contributed by atoms with Crippen molar-refractivity contribution < 1.29 is 15.3 Å². The van der Waals surface area contributed by atoms with Gasteiger partial charge in [0.15, 0.2) is 5.75 Å². The van der Waals surface area contributed by atoms with Crippen LogP contribution in [0.15, 0.2) is 17.1 Å². The lowest BCUT2D eigenvalue weighted by molar-refractivity contribution is 0.153. The van der Waals surface area contributed by atoms with Crippen molar-refractivity contribution in [2.75, 3.05) is 26.3 Å². The summed E-state index contributed by atoms with van der Waals surface area (Å²) in [6.45, 7) is 6.25. The number of aryl methyl sites for hydroxylation is 1. The van der Waals surface area contributed by atoms with Crippen LogP contribution in [0.2, 0.25) is 0 Å². The molecule has 1 aromatic rings. The Kier molecular flexibility index (Phi) is 7.42. The summed E-state index contributed by atoms with van der Waals surface area (Å²) in [6, 6.07) is 1.43. The Balaban J connectivity index is 2.96. The van der Waals surface area contributed by atoms with Gasteiger partial charge in [-0.1, -0.05) is 13.8 Å². The number of hydrogen-bond donors (Lipinski definition) is 3. The number of aromatic nitrogens is 1. The Bertz CT molecular complexity index is 479. The highest BCUT2D eigenvalue weighted by Crippen LogP contribution is 2.11. The van der Waals surface area contributed by atoms with Crippen LogP contribution in [0.3, 0.4) is 0 Å². The molecule has 0 fully saturated rings. The zero-order valence-electron chi connectivity index (χ0n) is 12.8. The minimum absolute atomic E-state index is 0.00565. The average Bonchev–Trinajstić information content (AvgIpc) is 2.41. The molecule has 0 aromatic carbocycles. The van der Waals surface area contributed by atoms with E-state index in [-0.39, 0.29) is 19.0 Å². The van der Waals surface area contributed by atoms with Crippen LogP contribution in [0.1, 0.15) is 26.0 Å². The molecule has 120 valence electrons. The van der Waals surface area contributed by atoms with Crippen LogP contribution in [-0.4, -0.2) is 51.1 Å². The molecule has 1 aromatic heterocycles. The molecule has 0 aliphatic heterocycles. The number of pyridine rings is 1. The van der Waals surface area contributed by atoms with E-state index in [1.165, 1.54) is 12.3 Å². The molecule has 0 amide bonds. The molecule has 6 heteroatoms. The SMILES string of the molecule is CC(C)CCn1cc(O)c(=O)cc1CN(CCO)CCO. The third-order valence-electron chi connectivity index (χ3n) is 3.36. The Morgan fingerprint density at radius 2 is 1.86 bits per heavy atom. The normalized spacial score (nSPS) is 11.5. The van der Waals surface area contributed by atoms with Crippen LogP contribution in [0.25, 0.3) is 0 Å². The first-order valence-electron chi connectivity index (χ1n) is 7.34. The first-order chi connectivity index (χ1) is 9.97. The van der Waals surface area contributed by atoms with E-state index >= 15 is 0 Å². The van der Waals surface area contributed by atoms with Gasteiger partial charge in [-0.05, 0) is 12.3 Å². The molecule has 0 saturated heterocycles. The van der Waals surface area contributed by atoms with Gasteiger partial charge >= 0.3 is 0 Å². The second-order valence-electron chi connectivity index (χ2n) is 5.61. The minimum Gasteiger partial charge on any atom is -0.503 e. The Hall–Kier alpha value is -1.37. The molecule has 0 spiro atoms. The molecule has 0 atom stereocenters. The van der Waals surface area contributed by atoms with Gasteiger partial charge in [-0.15, -0.1) is 0 Å². The molecule has 0 unspecified atom stereocenters. The topological polar surface area (TPSA) is 85.9 Å². The monoisotopic (exact) mass is 298 g/mol. The van der Waals surface area contributed by atoms with E-state index in [0.717, 1.165) is 12.1 Å². The fourth-order valence-corrected chi connectivity index (χ4v) is 2.13. The number of aromatic hydroxyl groups is 1. The Labute approximate surface area is 125 Å². The summed E-state index contributed by atoms with van der Waals surface area (Å²) in [5.74, 6) is 0.267. The molecule has 1 rings (SSSR count). The number of nitrogens with zero attached hydrogens (tertiary/aromatic N) is 2. The first-order valence-corrected chi connectivity index (χ1v) is 7.34. The third kappa shape index (κ3) is 5.87. The van der Waals surface area contributed by atoms with E-state index in [1.807, 2.05) is 9.47 Å². The third-order valence-corrected chi connectivity index (χ3v) is 3.36. The van der Waals surface area contributed by atoms with Crippen molar-refractivity contribution in [3.8, 4) is 5.75 Å². The maximum Gasteiger partial charge on any atom is 0.223 e. The van der Waals surface area contributed by atoms with E-state index in [9.17, 15) is 9.90 Å². The molecule has 0 aliphatic carbocycles. The summed E-state index contributed by atoms with van der Waals surface area (Å²) in [7, 11) is 0. The molecule has 6 nitrogen and oxygen atoms in total. The van der Waals surface area contributed by atoms with Crippen molar-refractivity contribution in [3.05, 3.63) is 28.2 Å². The van der Waals surface area contributed by atoms with Crippen molar-refractivity contribution >= 4 is 0 Å². The Morgan fingerprint density at radius 3 is 2.38 bits per heavy atom. The molecule has 3 N–H and O–H groups in total. The first kappa shape index (κ1) is 17.7. The maximum absolute atomic E-state index is 11.6. The summed E-state index contributed by atoms with van der Waals surface area (Å²) < 4.78 is 1.87. The van der Waals surface area contributed by atoms with Crippen molar-refractivity contribution in [1.82, 2.24) is 9.47 Å². The zero-order chi connectivity index (χ0) is 15.8. The average molecular weight is 298 g/mol. The minimum atomic E-state index is -0.404. The highest BCUT2D eigenvalue weighted by molar-refractivity contribution is 5.20. The van der Waals surface area contributed by atoms with E-state index in [2.05, 4.69) is 13.8 Å². The zero-order valence-corrected chi connectivity index (χ0v) is 12.8. The van der Waals surface area contributed by atoms with Crippen LogP contribution in [0, 0.1) is 5.92 Å². The molecule has 1 heterocycles. The quantitative estimate of drug-likeness (QED) is 0.614. The fraction of sp³-hybridized carbons (Fsp3) is 0.667. The van der Waals surface area contributed by atoms with Crippen molar-refractivity contribution in [3.63, 3.8) is 0 Å². The molecule has 0 radical (unpaired) electrons. The van der Waals surface area contributed by atoms with Crippen molar-refractivity contribution in [2.45, 2.75) is 33.4 Å². The lowest BCUT2D eigenvalue weighted by Crippen LogP contribution is -2.31. The Morgan fingerprint density at radius 1 is 1.24 bits per heavy atom. The highest BCUT2D eigenvalue weighted by Gasteiger charge is 2.11. The van der Waals surface area contributed by atoms with Gasteiger partial charge in [0.05, 0.1) is 19.4 Å². The number of aliphatic hydroxyl groups is 2. The summed E-state index contributed by atoms with van der Waals surface area (Å²) in [5.41, 5.74) is 0.374. The van der Waals surface area contributed by atoms with E-state index in [0.29, 0.717) is 32.1 Å². The summed E-state index contributed by atoms with van der Waals surface area (Å²) in [5, 5.41) is 27.7. The lowest BCUT2D eigenvalue weighted by Gasteiger charge is -2.23. The lowest BCUT2D eigenvalue weighted by atomic mass is 10.1. The second kappa shape index (κ2) is 8.81. The summed E-state index contributed by atoms with van der Waals surface area (Å²) >= 11 is 0. The van der Waals surface area contributed by atoms with Gasteiger partial charge in [-0.2, -0.15) is 0 Å². The molecule has 0 saturated carbocycles. The molecular weight excluding hydrogens is 272 g/mol. The van der Waals surface area contributed by atoms with Gasteiger partial charge in [-0.3, -0.25) is 9.69 Å². The largest absolute Gasteiger partial charge is 0.503 e. The highest BCUT2D eigenvalue weighted by atomic mass is 16.3. The van der Waals surface area contributed by atoms with Gasteiger partial charge in [0, 0.05) is 37.9 Å². The number of rotatable bonds is 9. The van der Waals surface area contributed by atoms with Gasteiger partial charge in [0.2, 0.25) is 5.43 Å². The van der Waals surface area contributed by atoms with Gasteiger partial charge in [-0.25, -0.2) is 0 Å². The smallest absolute Gasteiger partial charge is 0.223 e. The van der Waals surface area contributed by atoms with Crippen LogP contribution in [0.5, 0.6) is 5.75 Å². The van der Waals surface area contributed by atoms with Crippen LogP contribution in [-0.2, 0) is 13.1 Å². The van der Waals surface area contributed by atoms with Gasteiger partial charge in [0.1, 0.15) is 0 Å². The molecule has 21 heavy (non-hydrogen) atoms. The van der Waals surface area contributed by atoms with E-state index < -0.39 is 5.43 Å². The van der Waals surface area contributed by atoms with Crippen molar-refractivity contribution in [2.24, 2.45) is 5.92 Å². The molecule has 0 bridgehead atoms. The standard InChI is InChI=1S/C15H26N2O4/c1-12(2)3-4-17-11-15(21)14(20)9-13(17)10-16(5-7-18)6-8-19/h9,11-12,18-19,21H,3-8,10H2,1-2H3. The maximum atomic E-state index is 11.6. The van der Waals surface area contributed by atoms with Crippen LogP contribution >= 0.6 is 0 Å². The fourth-order valence-electron chi connectivity index (χ4n) is 2.13. The summed E-state index contributed by atoms with van der Waals surface area (Å²) in [6.07, 6.45) is 2.41. The van der Waals surface area contributed by atoms with Gasteiger partial charge < -0.3 is 19.9 Å². The van der Waals surface area contributed by atoms with E-state index in [4.69, 9.17) is 10.2 Å². The number of aliphatic hydroxyl groups excluding tert-OH is 2. The predicted octanol–water partition coefficient (Wildman–Crippen LogP) is 0.387.